The monoisotopic (exact) mass is 175 g/mol. The first-order valence-corrected chi connectivity index (χ1v) is 4.98. The quantitative estimate of drug-likeness (QED) is 0.604. The predicted octanol–water partition coefficient (Wildman–Crippen LogP) is 2.38. The minimum atomic E-state index is 0.0816. The Morgan fingerprint density at radius 1 is 1.31 bits per heavy atom. The molecule has 0 atom stereocenters. The summed E-state index contributed by atoms with van der Waals surface area (Å²) < 4.78 is 5.93. The highest BCUT2D eigenvalue weighted by atomic mass is 16.5. The van der Waals surface area contributed by atoms with E-state index >= 15 is 0 Å². The molecule has 1 aliphatic carbocycles. The minimum Gasteiger partial charge on any atom is -0.366 e. The highest BCUT2D eigenvalue weighted by molar-refractivity contribution is 5.33. The van der Waals surface area contributed by atoms with Gasteiger partial charge in [0.2, 0.25) is 0 Å². The van der Waals surface area contributed by atoms with Crippen LogP contribution in [0.1, 0.15) is 36.8 Å². The molecule has 0 bridgehead atoms. The van der Waals surface area contributed by atoms with Crippen LogP contribution >= 0.6 is 0 Å². The van der Waals surface area contributed by atoms with Crippen LogP contribution in [0.2, 0.25) is 0 Å². The van der Waals surface area contributed by atoms with E-state index in [1.165, 1.54) is 36.8 Å². The van der Waals surface area contributed by atoms with Gasteiger partial charge in [-0.1, -0.05) is 12.8 Å². The van der Waals surface area contributed by atoms with Gasteiger partial charge < -0.3 is 4.74 Å². The second kappa shape index (κ2) is 2.55. The van der Waals surface area contributed by atoms with Crippen LogP contribution in [-0.2, 0) is 16.9 Å². The number of ether oxygens (including phenoxy) is 1. The van der Waals surface area contributed by atoms with Crippen molar-refractivity contribution in [3.05, 3.63) is 29.6 Å². The molecule has 1 aromatic rings. The molecule has 0 unspecified atom stereocenters. The number of fused-ring (bicyclic) bond motifs is 2. The Morgan fingerprint density at radius 2 is 2.15 bits per heavy atom. The molecule has 0 radical (unpaired) electrons. The van der Waals surface area contributed by atoms with Crippen LogP contribution in [0.4, 0.5) is 0 Å². The van der Waals surface area contributed by atoms with Gasteiger partial charge in [-0.15, -0.1) is 0 Å². The van der Waals surface area contributed by atoms with Crippen LogP contribution in [0, 0.1) is 0 Å². The van der Waals surface area contributed by atoms with E-state index in [-0.39, 0.29) is 5.60 Å². The Hall–Kier alpha value is -0.890. The average molecular weight is 175 g/mol. The lowest BCUT2D eigenvalue weighted by Crippen LogP contribution is -2.20. The van der Waals surface area contributed by atoms with Gasteiger partial charge in [0.15, 0.2) is 0 Å². The van der Waals surface area contributed by atoms with Gasteiger partial charge in [-0.25, -0.2) is 0 Å². The molecule has 3 rings (SSSR count). The Balaban J connectivity index is 2.11. The van der Waals surface area contributed by atoms with E-state index in [4.69, 9.17) is 4.74 Å². The molecule has 68 valence electrons. The standard InChI is InChI=1S/C11H13NO/c1-2-5-11(4-1)10-3-6-12-7-9(10)8-13-11/h3,6-7H,1-2,4-5,8H2. The van der Waals surface area contributed by atoms with Crippen molar-refractivity contribution in [3.63, 3.8) is 0 Å². The van der Waals surface area contributed by atoms with Crippen molar-refractivity contribution >= 4 is 0 Å². The van der Waals surface area contributed by atoms with Gasteiger partial charge in [-0.3, -0.25) is 4.98 Å². The van der Waals surface area contributed by atoms with Gasteiger partial charge >= 0.3 is 0 Å². The summed E-state index contributed by atoms with van der Waals surface area (Å²) in [4.78, 5) is 4.13. The molecule has 1 spiro atoms. The lowest BCUT2D eigenvalue weighted by molar-refractivity contribution is -0.0325. The SMILES string of the molecule is c1cc2c(cn1)COC21CCCC1. The Kier molecular flexibility index (Phi) is 1.47. The van der Waals surface area contributed by atoms with Crippen LogP contribution in [0.25, 0.3) is 0 Å². The maximum absolute atomic E-state index is 5.93. The second-order valence-electron chi connectivity index (χ2n) is 4.02. The number of aromatic nitrogens is 1. The zero-order valence-corrected chi connectivity index (χ0v) is 7.62. The molecule has 1 fully saturated rings. The summed E-state index contributed by atoms with van der Waals surface area (Å²) >= 11 is 0. The molecule has 0 N–H and O–H groups in total. The van der Waals surface area contributed by atoms with Crippen molar-refractivity contribution in [1.29, 1.82) is 0 Å². The number of hydrogen-bond donors (Lipinski definition) is 0. The van der Waals surface area contributed by atoms with E-state index in [9.17, 15) is 0 Å². The van der Waals surface area contributed by atoms with Gasteiger partial charge in [-0.05, 0) is 24.5 Å². The summed E-state index contributed by atoms with van der Waals surface area (Å²) in [6.45, 7) is 0.767. The topological polar surface area (TPSA) is 22.1 Å². The molecule has 0 aromatic carbocycles. The first-order chi connectivity index (χ1) is 6.41. The van der Waals surface area contributed by atoms with Crippen molar-refractivity contribution in [1.82, 2.24) is 4.98 Å². The van der Waals surface area contributed by atoms with Crippen molar-refractivity contribution in [2.75, 3.05) is 0 Å². The maximum atomic E-state index is 5.93. The summed E-state index contributed by atoms with van der Waals surface area (Å²) in [6, 6.07) is 2.13. The fourth-order valence-electron chi connectivity index (χ4n) is 2.64. The van der Waals surface area contributed by atoms with E-state index in [0.29, 0.717) is 0 Å². The van der Waals surface area contributed by atoms with Crippen molar-refractivity contribution in [3.8, 4) is 0 Å². The summed E-state index contributed by atoms with van der Waals surface area (Å²) in [5, 5.41) is 0. The van der Waals surface area contributed by atoms with E-state index in [0.717, 1.165) is 6.61 Å². The first kappa shape index (κ1) is 7.51. The van der Waals surface area contributed by atoms with E-state index in [1.807, 2.05) is 12.4 Å². The van der Waals surface area contributed by atoms with Gasteiger partial charge in [0.1, 0.15) is 0 Å². The number of nitrogens with zero attached hydrogens (tertiary/aromatic N) is 1. The third kappa shape index (κ3) is 0.953. The summed E-state index contributed by atoms with van der Waals surface area (Å²) in [7, 11) is 0. The van der Waals surface area contributed by atoms with E-state index in [1.54, 1.807) is 0 Å². The van der Waals surface area contributed by atoms with Crippen molar-refractivity contribution in [2.24, 2.45) is 0 Å². The molecular weight excluding hydrogens is 162 g/mol. The van der Waals surface area contributed by atoms with Crippen LogP contribution < -0.4 is 0 Å². The van der Waals surface area contributed by atoms with Crippen molar-refractivity contribution in [2.45, 2.75) is 37.9 Å². The largest absolute Gasteiger partial charge is 0.366 e. The van der Waals surface area contributed by atoms with Crippen LogP contribution in [0.15, 0.2) is 18.5 Å². The molecule has 1 aliphatic heterocycles. The number of rotatable bonds is 0. The molecule has 2 aliphatic rings. The fraction of sp³-hybridized carbons (Fsp3) is 0.545. The van der Waals surface area contributed by atoms with Gasteiger partial charge in [0.25, 0.3) is 0 Å². The van der Waals surface area contributed by atoms with Crippen LogP contribution in [0.3, 0.4) is 0 Å². The third-order valence-corrected chi connectivity index (χ3v) is 3.31. The molecule has 1 saturated carbocycles. The lowest BCUT2D eigenvalue weighted by atomic mass is 9.92. The zero-order chi connectivity index (χ0) is 8.73. The van der Waals surface area contributed by atoms with Gasteiger partial charge in [0, 0.05) is 18.0 Å². The van der Waals surface area contributed by atoms with Gasteiger partial charge in [-0.2, -0.15) is 0 Å². The summed E-state index contributed by atoms with van der Waals surface area (Å²) in [6.07, 6.45) is 8.84. The van der Waals surface area contributed by atoms with Gasteiger partial charge in [0.05, 0.1) is 12.2 Å². The number of pyridine rings is 1. The predicted molar refractivity (Wildman–Crippen MR) is 49.2 cm³/mol. The molecule has 0 amide bonds. The van der Waals surface area contributed by atoms with E-state index < -0.39 is 0 Å². The van der Waals surface area contributed by atoms with Crippen LogP contribution in [0.5, 0.6) is 0 Å². The molecule has 2 nitrogen and oxygen atoms in total. The average Bonchev–Trinajstić information content (AvgIpc) is 2.78. The summed E-state index contributed by atoms with van der Waals surface area (Å²) in [5.74, 6) is 0. The van der Waals surface area contributed by atoms with Crippen molar-refractivity contribution < 1.29 is 4.74 Å². The molecule has 13 heavy (non-hydrogen) atoms. The van der Waals surface area contributed by atoms with Crippen LogP contribution in [-0.4, -0.2) is 4.98 Å². The first-order valence-electron chi connectivity index (χ1n) is 4.98. The highest BCUT2D eigenvalue weighted by Crippen LogP contribution is 2.47. The smallest absolute Gasteiger partial charge is 0.0940 e. The lowest BCUT2D eigenvalue weighted by Gasteiger charge is -2.23. The zero-order valence-electron chi connectivity index (χ0n) is 7.62. The van der Waals surface area contributed by atoms with E-state index in [2.05, 4.69) is 11.1 Å². The minimum absolute atomic E-state index is 0.0816. The molecule has 0 saturated heterocycles. The molecule has 1 aromatic heterocycles. The Morgan fingerprint density at radius 3 is 3.00 bits per heavy atom. The maximum Gasteiger partial charge on any atom is 0.0940 e. The fourth-order valence-corrected chi connectivity index (χ4v) is 2.64. The number of hydrogen-bond acceptors (Lipinski definition) is 2. The molecule has 2 heterocycles. The normalized spacial score (nSPS) is 23.7. The Bertz CT molecular complexity index is 329. The summed E-state index contributed by atoms with van der Waals surface area (Å²) in [5.41, 5.74) is 2.78. The highest BCUT2D eigenvalue weighted by Gasteiger charge is 2.42. The third-order valence-electron chi connectivity index (χ3n) is 3.31. The Labute approximate surface area is 77.9 Å². The molecular formula is C11H13NO. The second-order valence-corrected chi connectivity index (χ2v) is 4.02. The molecule has 2 heteroatoms.